The maximum absolute atomic E-state index is 12.0. The molecule has 98 valence electrons. The molecule has 2 aromatic rings. The third-order valence-electron chi connectivity index (χ3n) is 2.48. The van der Waals surface area contributed by atoms with Gasteiger partial charge in [0.2, 0.25) is 5.56 Å². The molecule has 0 radical (unpaired) electrons. The van der Waals surface area contributed by atoms with Crippen LogP contribution in [0.1, 0.15) is 17.3 Å². The molecule has 1 aromatic heterocycles. The summed E-state index contributed by atoms with van der Waals surface area (Å²) in [5.74, 6) is 0.311. The molecule has 0 saturated heterocycles. The van der Waals surface area contributed by atoms with E-state index in [9.17, 15) is 9.59 Å². The molecule has 19 heavy (non-hydrogen) atoms. The maximum atomic E-state index is 12.0. The molecule has 0 fully saturated rings. The summed E-state index contributed by atoms with van der Waals surface area (Å²) in [7, 11) is 0. The summed E-state index contributed by atoms with van der Waals surface area (Å²) < 4.78 is 5.42. The summed E-state index contributed by atoms with van der Waals surface area (Å²) in [6, 6.07) is 9.97. The van der Waals surface area contributed by atoms with Gasteiger partial charge >= 0.3 is 0 Å². The van der Waals surface area contributed by atoms with Crippen LogP contribution in [0.25, 0.3) is 0 Å². The number of carbonyl (C=O) groups excluding carboxylic acids is 1. The van der Waals surface area contributed by atoms with Crippen molar-refractivity contribution in [2.24, 2.45) is 0 Å². The third-order valence-corrected chi connectivity index (χ3v) is 2.48. The molecule has 0 atom stereocenters. The van der Waals surface area contributed by atoms with Gasteiger partial charge in [-0.05, 0) is 25.1 Å². The second-order valence-electron chi connectivity index (χ2n) is 3.82. The number of aromatic amines is 1. The van der Waals surface area contributed by atoms with E-state index >= 15 is 0 Å². The number of amides is 1. The Bertz CT molecular complexity index is 614. The lowest BCUT2D eigenvalue weighted by molar-refractivity contribution is 0.102. The van der Waals surface area contributed by atoms with E-state index in [0.717, 1.165) is 0 Å². The van der Waals surface area contributed by atoms with E-state index < -0.39 is 0 Å². The van der Waals surface area contributed by atoms with E-state index in [4.69, 9.17) is 4.74 Å². The fourth-order valence-corrected chi connectivity index (χ4v) is 1.60. The second-order valence-corrected chi connectivity index (χ2v) is 3.82. The minimum absolute atomic E-state index is 0.244. The van der Waals surface area contributed by atoms with Crippen molar-refractivity contribution in [2.45, 2.75) is 6.92 Å². The van der Waals surface area contributed by atoms with E-state index in [1.54, 1.807) is 12.1 Å². The fraction of sp³-hybridized carbons (Fsp3) is 0.143. The van der Waals surface area contributed by atoms with Gasteiger partial charge in [-0.3, -0.25) is 9.59 Å². The zero-order valence-corrected chi connectivity index (χ0v) is 10.5. The van der Waals surface area contributed by atoms with Crippen LogP contribution in [0.5, 0.6) is 5.75 Å². The predicted molar refractivity (Wildman–Crippen MR) is 72.6 cm³/mol. The first-order chi connectivity index (χ1) is 9.20. The molecule has 5 heteroatoms. The summed E-state index contributed by atoms with van der Waals surface area (Å²) in [5.41, 5.74) is 0.734. The number of rotatable bonds is 4. The van der Waals surface area contributed by atoms with Gasteiger partial charge in [-0.25, -0.2) is 0 Å². The predicted octanol–water partition coefficient (Wildman–Crippen LogP) is 2.03. The van der Waals surface area contributed by atoms with Crippen LogP contribution < -0.4 is 15.6 Å². The number of para-hydroxylation sites is 2. The van der Waals surface area contributed by atoms with E-state index in [1.165, 1.54) is 18.3 Å². The number of carbonyl (C=O) groups is 1. The Morgan fingerprint density at radius 3 is 2.74 bits per heavy atom. The Balaban J connectivity index is 2.19. The van der Waals surface area contributed by atoms with Crippen LogP contribution in [0.15, 0.2) is 47.4 Å². The lowest BCUT2D eigenvalue weighted by atomic mass is 10.2. The van der Waals surface area contributed by atoms with Crippen molar-refractivity contribution < 1.29 is 9.53 Å². The van der Waals surface area contributed by atoms with Gasteiger partial charge in [-0.2, -0.15) is 0 Å². The summed E-state index contributed by atoms with van der Waals surface area (Å²) in [4.78, 5) is 25.4. The standard InChI is InChI=1S/C14H14N2O3/c1-2-19-12-6-4-3-5-11(12)16-14(18)10-7-8-13(17)15-9-10/h3-9H,2H2,1H3,(H,15,17)(H,16,18). The molecule has 0 spiro atoms. The van der Waals surface area contributed by atoms with Gasteiger partial charge in [0.1, 0.15) is 5.75 Å². The maximum Gasteiger partial charge on any atom is 0.257 e. The highest BCUT2D eigenvalue weighted by Gasteiger charge is 2.09. The van der Waals surface area contributed by atoms with Crippen LogP contribution >= 0.6 is 0 Å². The van der Waals surface area contributed by atoms with Gasteiger partial charge in [0, 0.05) is 12.3 Å². The van der Waals surface area contributed by atoms with Crippen molar-refractivity contribution in [3.8, 4) is 5.75 Å². The summed E-state index contributed by atoms with van der Waals surface area (Å²) in [6.07, 6.45) is 1.38. The van der Waals surface area contributed by atoms with Gasteiger partial charge in [-0.15, -0.1) is 0 Å². The first-order valence-electron chi connectivity index (χ1n) is 5.92. The van der Waals surface area contributed by atoms with Gasteiger partial charge < -0.3 is 15.0 Å². The minimum atomic E-state index is -0.302. The molecule has 2 rings (SSSR count). The number of hydrogen-bond donors (Lipinski definition) is 2. The van der Waals surface area contributed by atoms with E-state index in [0.29, 0.717) is 23.6 Å². The van der Waals surface area contributed by atoms with Crippen molar-refractivity contribution in [3.05, 3.63) is 58.5 Å². The summed E-state index contributed by atoms with van der Waals surface area (Å²) in [6.45, 7) is 2.39. The van der Waals surface area contributed by atoms with Crippen molar-refractivity contribution in [2.75, 3.05) is 11.9 Å². The molecule has 0 aliphatic carbocycles. The lowest BCUT2D eigenvalue weighted by Crippen LogP contribution is -2.15. The van der Waals surface area contributed by atoms with Crippen molar-refractivity contribution in [1.82, 2.24) is 4.98 Å². The van der Waals surface area contributed by atoms with Crippen molar-refractivity contribution >= 4 is 11.6 Å². The zero-order chi connectivity index (χ0) is 13.7. The number of ether oxygens (including phenoxy) is 1. The average molecular weight is 258 g/mol. The molecule has 0 unspecified atom stereocenters. The Hall–Kier alpha value is -2.56. The number of hydrogen-bond acceptors (Lipinski definition) is 3. The number of benzene rings is 1. The number of pyridine rings is 1. The van der Waals surface area contributed by atoms with Crippen LogP contribution in [-0.2, 0) is 0 Å². The zero-order valence-electron chi connectivity index (χ0n) is 10.5. The van der Waals surface area contributed by atoms with E-state index in [2.05, 4.69) is 10.3 Å². The van der Waals surface area contributed by atoms with Crippen molar-refractivity contribution in [3.63, 3.8) is 0 Å². The average Bonchev–Trinajstić information content (AvgIpc) is 2.42. The third kappa shape index (κ3) is 3.22. The molecule has 1 aromatic carbocycles. The number of H-pyrrole nitrogens is 1. The minimum Gasteiger partial charge on any atom is -0.492 e. The highest BCUT2D eigenvalue weighted by atomic mass is 16.5. The van der Waals surface area contributed by atoms with Crippen LogP contribution in [0.3, 0.4) is 0 Å². The topological polar surface area (TPSA) is 71.2 Å². The molecule has 1 heterocycles. The summed E-state index contributed by atoms with van der Waals surface area (Å²) in [5, 5.41) is 2.75. The van der Waals surface area contributed by atoms with Gasteiger partial charge in [0.25, 0.3) is 5.91 Å². The fourth-order valence-electron chi connectivity index (χ4n) is 1.60. The number of anilines is 1. The number of aromatic nitrogens is 1. The molecule has 0 saturated carbocycles. The summed E-state index contributed by atoms with van der Waals surface area (Å²) >= 11 is 0. The van der Waals surface area contributed by atoms with E-state index in [-0.39, 0.29) is 11.5 Å². The monoisotopic (exact) mass is 258 g/mol. The van der Waals surface area contributed by atoms with E-state index in [1.807, 2.05) is 19.1 Å². The van der Waals surface area contributed by atoms with Crippen LogP contribution in [-0.4, -0.2) is 17.5 Å². The SMILES string of the molecule is CCOc1ccccc1NC(=O)c1ccc(=O)[nH]c1. The van der Waals surface area contributed by atoms with Crippen LogP contribution in [0, 0.1) is 0 Å². The lowest BCUT2D eigenvalue weighted by Gasteiger charge is -2.10. The quantitative estimate of drug-likeness (QED) is 0.881. The number of nitrogens with one attached hydrogen (secondary N) is 2. The van der Waals surface area contributed by atoms with Crippen LogP contribution in [0.2, 0.25) is 0 Å². The normalized spacial score (nSPS) is 9.95. The molecule has 5 nitrogen and oxygen atoms in total. The van der Waals surface area contributed by atoms with Gasteiger partial charge in [0.05, 0.1) is 17.9 Å². The Labute approximate surface area is 110 Å². The highest BCUT2D eigenvalue weighted by molar-refractivity contribution is 6.04. The largest absolute Gasteiger partial charge is 0.492 e. The molecule has 0 bridgehead atoms. The molecule has 0 aliphatic heterocycles. The molecular weight excluding hydrogens is 244 g/mol. The first-order valence-corrected chi connectivity index (χ1v) is 5.92. The molecular formula is C14H14N2O3. The van der Waals surface area contributed by atoms with Gasteiger partial charge in [-0.1, -0.05) is 12.1 Å². The Morgan fingerprint density at radius 2 is 2.05 bits per heavy atom. The molecule has 0 aliphatic rings. The Morgan fingerprint density at radius 1 is 1.26 bits per heavy atom. The highest BCUT2D eigenvalue weighted by Crippen LogP contribution is 2.24. The van der Waals surface area contributed by atoms with Crippen molar-refractivity contribution in [1.29, 1.82) is 0 Å². The molecule has 1 amide bonds. The smallest absolute Gasteiger partial charge is 0.257 e. The van der Waals surface area contributed by atoms with Gasteiger partial charge in [0.15, 0.2) is 0 Å². The second kappa shape index (κ2) is 5.86. The molecule has 2 N–H and O–H groups in total. The van der Waals surface area contributed by atoms with Crippen LogP contribution in [0.4, 0.5) is 5.69 Å². The Kier molecular flexibility index (Phi) is 3.97. The first kappa shape index (κ1) is 12.9.